The van der Waals surface area contributed by atoms with Gasteiger partial charge in [0.1, 0.15) is 0 Å². The zero-order valence-corrected chi connectivity index (χ0v) is 13.1. The summed E-state index contributed by atoms with van der Waals surface area (Å²) in [6.07, 6.45) is 8.24. The van der Waals surface area contributed by atoms with Gasteiger partial charge in [-0.1, -0.05) is 6.92 Å². The molecule has 2 fully saturated rings. The molecule has 2 aliphatic heterocycles. The highest BCUT2D eigenvalue weighted by Gasteiger charge is 2.36. The fraction of sp³-hybridized carbons (Fsp3) is 1.00. The molecule has 0 aliphatic carbocycles. The SMILES string of the molecule is CCNC(CCC1CCCO1)C(C)(C)N1CCCC1. The first-order valence-electron chi connectivity index (χ1n) is 8.24. The van der Waals surface area contributed by atoms with E-state index in [1.54, 1.807) is 0 Å². The van der Waals surface area contributed by atoms with Crippen molar-refractivity contribution in [3.8, 4) is 0 Å². The minimum absolute atomic E-state index is 0.269. The van der Waals surface area contributed by atoms with Crippen molar-refractivity contribution in [2.24, 2.45) is 0 Å². The highest BCUT2D eigenvalue weighted by Crippen LogP contribution is 2.28. The molecule has 0 radical (unpaired) electrons. The van der Waals surface area contributed by atoms with E-state index in [2.05, 4.69) is 31.0 Å². The lowest BCUT2D eigenvalue weighted by Crippen LogP contribution is -2.57. The molecule has 19 heavy (non-hydrogen) atoms. The Balaban J connectivity index is 1.88. The Labute approximate surface area is 119 Å². The average Bonchev–Trinajstić information content (AvgIpc) is 3.06. The third-order valence-corrected chi connectivity index (χ3v) is 5.03. The average molecular weight is 268 g/mol. The van der Waals surface area contributed by atoms with Crippen molar-refractivity contribution in [3.63, 3.8) is 0 Å². The zero-order chi connectivity index (χ0) is 13.7. The van der Waals surface area contributed by atoms with E-state index < -0.39 is 0 Å². The summed E-state index contributed by atoms with van der Waals surface area (Å²) in [5.41, 5.74) is 0.269. The van der Waals surface area contributed by atoms with Crippen LogP contribution in [0.5, 0.6) is 0 Å². The Morgan fingerprint density at radius 3 is 2.58 bits per heavy atom. The van der Waals surface area contributed by atoms with Gasteiger partial charge in [-0.15, -0.1) is 0 Å². The summed E-state index contributed by atoms with van der Waals surface area (Å²) in [5.74, 6) is 0. The van der Waals surface area contributed by atoms with Crippen molar-refractivity contribution in [2.45, 2.75) is 77.0 Å². The standard InChI is InChI=1S/C16H32N2O/c1-4-17-15(10-9-14-8-7-13-19-14)16(2,3)18-11-5-6-12-18/h14-15,17H,4-13H2,1-3H3. The van der Waals surface area contributed by atoms with Gasteiger partial charge < -0.3 is 10.1 Å². The Kier molecular flexibility index (Phi) is 5.67. The maximum atomic E-state index is 5.78. The van der Waals surface area contributed by atoms with Crippen LogP contribution in [0.2, 0.25) is 0 Å². The number of nitrogens with one attached hydrogen (secondary N) is 1. The van der Waals surface area contributed by atoms with Gasteiger partial charge in [-0.05, 0) is 72.0 Å². The minimum atomic E-state index is 0.269. The van der Waals surface area contributed by atoms with Gasteiger partial charge in [0.05, 0.1) is 6.10 Å². The molecule has 0 spiro atoms. The molecular formula is C16H32N2O. The largest absolute Gasteiger partial charge is 0.378 e. The third-order valence-electron chi connectivity index (χ3n) is 5.03. The van der Waals surface area contributed by atoms with E-state index in [4.69, 9.17) is 4.74 Å². The monoisotopic (exact) mass is 268 g/mol. The molecule has 0 aromatic rings. The van der Waals surface area contributed by atoms with E-state index in [0.717, 1.165) is 13.2 Å². The molecule has 0 aromatic heterocycles. The lowest BCUT2D eigenvalue weighted by molar-refractivity contribution is 0.0734. The maximum Gasteiger partial charge on any atom is 0.0576 e. The molecule has 0 saturated carbocycles. The summed E-state index contributed by atoms with van der Waals surface area (Å²) in [5, 5.41) is 3.73. The first-order chi connectivity index (χ1) is 9.14. The quantitative estimate of drug-likeness (QED) is 0.768. The normalized spacial score (nSPS) is 27.0. The highest BCUT2D eigenvalue weighted by atomic mass is 16.5. The fourth-order valence-corrected chi connectivity index (χ4v) is 3.69. The van der Waals surface area contributed by atoms with Crippen LogP contribution in [0.3, 0.4) is 0 Å². The summed E-state index contributed by atoms with van der Waals surface area (Å²) >= 11 is 0. The second-order valence-electron chi connectivity index (χ2n) is 6.67. The third kappa shape index (κ3) is 3.93. The van der Waals surface area contributed by atoms with Crippen molar-refractivity contribution in [2.75, 3.05) is 26.2 Å². The van der Waals surface area contributed by atoms with Crippen LogP contribution in [-0.2, 0) is 4.74 Å². The summed E-state index contributed by atoms with van der Waals surface area (Å²) < 4.78 is 5.78. The van der Waals surface area contributed by atoms with Gasteiger partial charge in [0.25, 0.3) is 0 Å². The molecule has 0 amide bonds. The number of likely N-dealkylation sites (N-methyl/N-ethyl adjacent to an activating group) is 1. The molecule has 0 bridgehead atoms. The van der Waals surface area contributed by atoms with E-state index in [0.29, 0.717) is 12.1 Å². The Morgan fingerprint density at radius 2 is 2.00 bits per heavy atom. The van der Waals surface area contributed by atoms with E-state index in [1.807, 2.05) is 0 Å². The van der Waals surface area contributed by atoms with Crippen LogP contribution in [-0.4, -0.2) is 48.8 Å². The lowest BCUT2D eigenvalue weighted by Gasteiger charge is -2.43. The van der Waals surface area contributed by atoms with Crippen molar-refractivity contribution in [3.05, 3.63) is 0 Å². The second kappa shape index (κ2) is 7.05. The van der Waals surface area contributed by atoms with Crippen LogP contribution in [0.25, 0.3) is 0 Å². The lowest BCUT2D eigenvalue weighted by atomic mass is 9.88. The molecule has 3 nitrogen and oxygen atoms in total. The van der Waals surface area contributed by atoms with Gasteiger partial charge in [-0.25, -0.2) is 0 Å². The molecule has 112 valence electrons. The molecular weight excluding hydrogens is 236 g/mol. The topological polar surface area (TPSA) is 24.5 Å². The van der Waals surface area contributed by atoms with Gasteiger partial charge >= 0.3 is 0 Å². The van der Waals surface area contributed by atoms with Crippen molar-refractivity contribution in [1.29, 1.82) is 0 Å². The molecule has 1 N–H and O–H groups in total. The molecule has 2 saturated heterocycles. The summed E-state index contributed by atoms with van der Waals surface area (Å²) in [7, 11) is 0. The molecule has 2 aliphatic rings. The zero-order valence-electron chi connectivity index (χ0n) is 13.1. The van der Waals surface area contributed by atoms with Gasteiger partial charge in [0.15, 0.2) is 0 Å². The first kappa shape index (κ1) is 15.3. The van der Waals surface area contributed by atoms with Crippen molar-refractivity contribution < 1.29 is 4.74 Å². The highest BCUT2D eigenvalue weighted by molar-refractivity contribution is 4.95. The molecule has 2 rings (SSSR count). The van der Waals surface area contributed by atoms with Gasteiger partial charge in [0, 0.05) is 18.2 Å². The molecule has 2 atom stereocenters. The molecule has 2 unspecified atom stereocenters. The maximum absolute atomic E-state index is 5.78. The summed E-state index contributed by atoms with van der Waals surface area (Å²) in [6, 6.07) is 0.583. The van der Waals surface area contributed by atoms with Gasteiger partial charge in [-0.3, -0.25) is 4.90 Å². The van der Waals surface area contributed by atoms with Gasteiger partial charge in [0.2, 0.25) is 0 Å². The predicted octanol–water partition coefficient (Wildman–Crippen LogP) is 2.80. The van der Waals surface area contributed by atoms with E-state index >= 15 is 0 Å². The Bertz CT molecular complexity index is 255. The summed E-state index contributed by atoms with van der Waals surface area (Å²) in [6.45, 7) is 11.6. The van der Waals surface area contributed by atoms with Crippen LogP contribution in [0.1, 0.15) is 59.3 Å². The smallest absolute Gasteiger partial charge is 0.0576 e. The van der Waals surface area contributed by atoms with Crippen LogP contribution in [0.15, 0.2) is 0 Å². The molecule has 3 heteroatoms. The number of nitrogens with zero attached hydrogens (tertiary/aromatic N) is 1. The second-order valence-corrected chi connectivity index (χ2v) is 6.67. The number of rotatable bonds is 7. The van der Waals surface area contributed by atoms with Crippen molar-refractivity contribution >= 4 is 0 Å². The Hall–Kier alpha value is -0.120. The molecule has 0 aromatic carbocycles. The first-order valence-corrected chi connectivity index (χ1v) is 8.24. The van der Waals surface area contributed by atoms with Crippen LogP contribution in [0.4, 0.5) is 0 Å². The van der Waals surface area contributed by atoms with Crippen molar-refractivity contribution in [1.82, 2.24) is 10.2 Å². The minimum Gasteiger partial charge on any atom is -0.378 e. The number of hydrogen-bond donors (Lipinski definition) is 1. The van der Waals surface area contributed by atoms with E-state index in [9.17, 15) is 0 Å². The van der Waals surface area contributed by atoms with E-state index in [-0.39, 0.29) is 5.54 Å². The van der Waals surface area contributed by atoms with E-state index in [1.165, 1.54) is 51.6 Å². The van der Waals surface area contributed by atoms with Crippen LogP contribution >= 0.6 is 0 Å². The summed E-state index contributed by atoms with van der Waals surface area (Å²) in [4.78, 5) is 2.68. The number of hydrogen-bond acceptors (Lipinski definition) is 3. The van der Waals surface area contributed by atoms with Gasteiger partial charge in [-0.2, -0.15) is 0 Å². The predicted molar refractivity (Wildman–Crippen MR) is 80.6 cm³/mol. The van der Waals surface area contributed by atoms with Crippen LogP contribution < -0.4 is 5.32 Å². The Morgan fingerprint density at radius 1 is 1.26 bits per heavy atom. The molecule has 2 heterocycles. The number of ether oxygens (including phenoxy) is 1. The number of likely N-dealkylation sites (tertiary alicyclic amines) is 1. The van der Waals surface area contributed by atoms with Crippen LogP contribution in [0, 0.1) is 0 Å². The fourth-order valence-electron chi connectivity index (χ4n) is 3.69.